The second kappa shape index (κ2) is 6.86. The van der Waals surface area contributed by atoms with Gasteiger partial charge in [0.2, 0.25) is 0 Å². The number of benzene rings is 2. The molecular formula is C20H21NO3. The lowest BCUT2D eigenvalue weighted by Crippen LogP contribution is -2.34. The van der Waals surface area contributed by atoms with Crippen molar-refractivity contribution in [2.45, 2.75) is 19.0 Å². The summed E-state index contributed by atoms with van der Waals surface area (Å²) in [5, 5.41) is 10.1. The number of phenols is 1. The molecule has 1 atom stereocenters. The number of fused-ring (bicyclic) bond motifs is 1. The minimum atomic E-state index is -0.160. The molecule has 1 aliphatic heterocycles. The van der Waals surface area contributed by atoms with Gasteiger partial charge in [-0.05, 0) is 47.4 Å². The molecule has 124 valence electrons. The van der Waals surface area contributed by atoms with Crippen LogP contribution in [0.25, 0.3) is 0 Å². The minimum Gasteiger partial charge on any atom is -0.504 e. The second-order valence-corrected chi connectivity index (χ2v) is 5.86. The molecule has 1 aliphatic rings. The Morgan fingerprint density at radius 2 is 1.96 bits per heavy atom. The molecule has 2 aromatic carbocycles. The number of nitrogens with zero attached hydrogens (tertiary/aromatic N) is 1. The number of hydrogen-bond donors (Lipinski definition) is 1. The van der Waals surface area contributed by atoms with E-state index in [0.29, 0.717) is 5.75 Å². The van der Waals surface area contributed by atoms with Crippen molar-refractivity contribution in [3.63, 3.8) is 0 Å². The largest absolute Gasteiger partial charge is 0.504 e. The molecule has 1 heterocycles. The van der Waals surface area contributed by atoms with Crippen LogP contribution in [0.1, 0.15) is 22.7 Å². The Morgan fingerprint density at radius 1 is 1.21 bits per heavy atom. The van der Waals surface area contributed by atoms with Crippen LogP contribution < -0.4 is 9.47 Å². The first kappa shape index (κ1) is 16.2. The maximum absolute atomic E-state index is 10.1. The highest BCUT2D eigenvalue weighted by atomic mass is 16.5. The minimum absolute atomic E-state index is 0.128. The molecule has 0 radical (unpaired) electrons. The summed E-state index contributed by atoms with van der Waals surface area (Å²) in [7, 11) is 3.21. The van der Waals surface area contributed by atoms with Gasteiger partial charge in [-0.25, -0.2) is 0 Å². The zero-order valence-electron chi connectivity index (χ0n) is 14.0. The third-order valence-corrected chi connectivity index (χ3v) is 4.47. The molecule has 0 saturated carbocycles. The number of terminal acetylenes is 1. The third-order valence-electron chi connectivity index (χ3n) is 4.47. The first-order valence-electron chi connectivity index (χ1n) is 7.89. The Hall–Kier alpha value is -2.64. The van der Waals surface area contributed by atoms with Gasteiger partial charge in [0, 0.05) is 13.1 Å². The van der Waals surface area contributed by atoms with Gasteiger partial charge in [-0.1, -0.05) is 18.1 Å². The molecule has 2 aromatic rings. The molecule has 4 nitrogen and oxygen atoms in total. The van der Waals surface area contributed by atoms with Crippen molar-refractivity contribution in [1.82, 2.24) is 4.90 Å². The Labute approximate surface area is 142 Å². The molecule has 0 bridgehead atoms. The van der Waals surface area contributed by atoms with Gasteiger partial charge in [0.15, 0.2) is 11.5 Å². The van der Waals surface area contributed by atoms with Gasteiger partial charge in [-0.3, -0.25) is 4.90 Å². The van der Waals surface area contributed by atoms with Crippen molar-refractivity contribution < 1.29 is 14.6 Å². The fourth-order valence-corrected chi connectivity index (χ4v) is 3.18. The highest BCUT2D eigenvalue weighted by Gasteiger charge is 2.27. The van der Waals surface area contributed by atoms with Gasteiger partial charge in [0.1, 0.15) is 5.75 Å². The highest BCUT2D eigenvalue weighted by Crippen LogP contribution is 2.37. The summed E-state index contributed by atoms with van der Waals surface area (Å²) in [6.07, 6.45) is 6.68. The van der Waals surface area contributed by atoms with E-state index in [2.05, 4.69) is 10.8 Å². The third kappa shape index (κ3) is 3.04. The normalized spacial score (nSPS) is 17.0. The monoisotopic (exact) mass is 323 g/mol. The lowest BCUT2D eigenvalue weighted by Gasteiger charge is -2.34. The summed E-state index contributed by atoms with van der Waals surface area (Å²) in [4.78, 5) is 2.25. The van der Waals surface area contributed by atoms with E-state index < -0.39 is 0 Å². The fourth-order valence-electron chi connectivity index (χ4n) is 3.18. The molecule has 0 aliphatic carbocycles. The van der Waals surface area contributed by atoms with E-state index in [-0.39, 0.29) is 11.8 Å². The molecule has 0 saturated heterocycles. The standard InChI is InChI=1S/C20H21NO3/c1-4-18-17-12-19(22)20(24-3)11-15(17)9-10-21(18)13-14-5-7-16(23-2)8-6-14/h1,5-8,11-12,18,22H,9-10,13H2,2-3H3. The lowest BCUT2D eigenvalue weighted by molar-refractivity contribution is 0.216. The summed E-state index contributed by atoms with van der Waals surface area (Å²) in [5.74, 6) is 4.33. The molecule has 0 fully saturated rings. The smallest absolute Gasteiger partial charge is 0.160 e. The van der Waals surface area contributed by atoms with Crippen LogP contribution in [0.4, 0.5) is 0 Å². The van der Waals surface area contributed by atoms with Crippen molar-refractivity contribution >= 4 is 0 Å². The van der Waals surface area contributed by atoms with Crippen molar-refractivity contribution in [1.29, 1.82) is 0 Å². The number of rotatable bonds is 4. The Bertz CT molecular complexity index is 762. The number of aromatic hydroxyl groups is 1. The summed E-state index contributed by atoms with van der Waals surface area (Å²) in [5.41, 5.74) is 3.30. The van der Waals surface area contributed by atoms with Crippen LogP contribution in [0.2, 0.25) is 0 Å². The van der Waals surface area contributed by atoms with Crippen molar-refractivity contribution in [3.8, 4) is 29.6 Å². The molecule has 1 unspecified atom stereocenters. The van der Waals surface area contributed by atoms with Gasteiger partial charge < -0.3 is 14.6 Å². The van der Waals surface area contributed by atoms with Crippen molar-refractivity contribution in [3.05, 3.63) is 53.1 Å². The van der Waals surface area contributed by atoms with Crippen molar-refractivity contribution in [2.24, 2.45) is 0 Å². The summed E-state index contributed by atoms with van der Waals surface area (Å²) >= 11 is 0. The Morgan fingerprint density at radius 3 is 2.58 bits per heavy atom. The van der Waals surface area contributed by atoms with Gasteiger partial charge in [0.05, 0.1) is 20.3 Å². The van der Waals surface area contributed by atoms with Gasteiger partial charge in [0.25, 0.3) is 0 Å². The van der Waals surface area contributed by atoms with Crippen LogP contribution in [-0.4, -0.2) is 30.8 Å². The first-order chi connectivity index (χ1) is 11.7. The predicted octanol–water partition coefficient (Wildman–Crippen LogP) is 3.14. The zero-order chi connectivity index (χ0) is 17.1. The zero-order valence-corrected chi connectivity index (χ0v) is 14.0. The van der Waals surface area contributed by atoms with E-state index in [1.54, 1.807) is 20.3 Å². The topological polar surface area (TPSA) is 41.9 Å². The van der Waals surface area contributed by atoms with Crippen LogP contribution in [0.5, 0.6) is 17.2 Å². The van der Waals surface area contributed by atoms with Crippen LogP contribution >= 0.6 is 0 Å². The van der Waals surface area contributed by atoms with E-state index in [1.165, 1.54) is 5.56 Å². The van der Waals surface area contributed by atoms with Crippen LogP contribution in [0, 0.1) is 12.3 Å². The molecule has 0 spiro atoms. The second-order valence-electron chi connectivity index (χ2n) is 5.86. The number of hydrogen-bond acceptors (Lipinski definition) is 4. The molecule has 1 N–H and O–H groups in total. The van der Waals surface area contributed by atoms with Crippen LogP contribution in [0.3, 0.4) is 0 Å². The average Bonchev–Trinajstić information content (AvgIpc) is 2.61. The summed E-state index contributed by atoms with van der Waals surface area (Å²) in [6.45, 7) is 1.62. The summed E-state index contributed by atoms with van der Waals surface area (Å²) in [6, 6.07) is 11.5. The molecule has 3 rings (SSSR count). The molecular weight excluding hydrogens is 302 g/mol. The molecule has 4 heteroatoms. The van der Waals surface area contributed by atoms with E-state index in [1.807, 2.05) is 30.3 Å². The van der Waals surface area contributed by atoms with Crippen LogP contribution in [-0.2, 0) is 13.0 Å². The molecule has 0 amide bonds. The molecule has 24 heavy (non-hydrogen) atoms. The predicted molar refractivity (Wildman–Crippen MR) is 93.3 cm³/mol. The van der Waals surface area contributed by atoms with E-state index in [9.17, 15) is 5.11 Å². The molecule has 0 aromatic heterocycles. The maximum Gasteiger partial charge on any atom is 0.160 e. The average molecular weight is 323 g/mol. The van der Waals surface area contributed by atoms with Gasteiger partial charge in [-0.15, -0.1) is 6.42 Å². The lowest BCUT2D eigenvalue weighted by atomic mass is 9.92. The van der Waals surface area contributed by atoms with Gasteiger partial charge in [-0.2, -0.15) is 0 Å². The Kier molecular flexibility index (Phi) is 4.64. The van der Waals surface area contributed by atoms with Crippen LogP contribution in [0.15, 0.2) is 36.4 Å². The van der Waals surface area contributed by atoms with E-state index in [0.717, 1.165) is 36.4 Å². The fraction of sp³-hybridized carbons (Fsp3) is 0.300. The van der Waals surface area contributed by atoms with Gasteiger partial charge >= 0.3 is 0 Å². The quantitative estimate of drug-likeness (QED) is 0.878. The number of ether oxygens (including phenoxy) is 2. The number of methoxy groups -OCH3 is 2. The SMILES string of the molecule is C#CC1c2cc(O)c(OC)cc2CCN1Cc1ccc(OC)cc1. The van der Waals surface area contributed by atoms with E-state index >= 15 is 0 Å². The maximum atomic E-state index is 10.1. The number of phenolic OH excluding ortho intramolecular Hbond substituents is 1. The summed E-state index contributed by atoms with van der Waals surface area (Å²) < 4.78 is 10.4. The Balaban J connectivity index is 1.86. The van der Waals surface area contributed by atoms with E-state index in [4.69, 9.17) is 15.9 Å². The first-order valence-corrected chi connectivity index (χ1v) is 7.89. The van der Waals surface area contributed by atoms with Crippen molar-refractivity contribution in [2.75, 3.05) is 20.8 Å². The highest BCUT2D eigenvalue weighted by molar-refractivity contribution is 5.50.